The SMILES string of the molecule is CC(=O)c1ccc(SC2=Nc3ccccc3C2)cc1. The number of carbonyl (C=O) groups excluding carboxylic acids is 1. The highest BCUT2D eigenvalue weighted by Gasteiger charge is 2.14. The second-order valence-electron chi connectivity index (χ2n) is 4.49. The average Bonchev–Trinajstić information content (AvgIpc) is 2.81. The lowest BCUT2D eigenvalue weighted by Gasteiger charge is -2.01. The molecule has 0 fully saturated rings. The number of benzene rings is 2. The predicted molar refractivity (Wildman–Crippen MR) is 79.5 cm³/mol. The first-order valence-corrected chi connectivity index (χ1v) is 6.98. The monoisotopic (exact) mass is 267 g/mol. The number of fused-ring (bicyclic) bond motifs is 1. The summed E-state index contributed by atoms with van der Waals surface area (Å²) in [4.78, 5) is 17.0. The standard InChI is InChI=1S/C16H13NOS/c1-11(18)12-6-8-14(9-7-12)19-16-10-13-4-2-3-5-15(13)17-16/h2-9H,10H2,1H3. The van der Waals surface area contributed by atoms with Crippen LogP contribution in [0.1, 0.15) is 22.8 Å². The zero-order valence-corrected chi connectivity index (χ0v) is 11.4. The molecule has 0 atom stereocenters. The van der Waals surface area contributed by atoms with Crippen molar-refractivity contribution in [3.63, 3.8) is 0 Å². The van der Waals surface area contributed by atoms with Gasteiger partial charge < -0.3 is 0 Å². The highest BCUT2D eigenvalue weighted by atomic mass is 32.2. The quantitative estimate of drug-likeness (QED) is 0.760. The Morgan fingerprint density at radius 3 is 2.53 bits per heavy atom. The molecular formula is C16H13NOS. The van der Waals surface area contributed by atoms with E-state index in [9.17, 15) is 4.79 Å². The first-order valence-electron chi connectivity index (χ1n) is 6.17. The van der Waals surface area contributed by atoms with E-state index in [0.29, 0.717) is 0 Å². The highest BCUT2D eigenvalue weighted by Crippen LogP contribution is 2.32. The first-order chi connectivity index (χ1) is 9.22. The normalized spacial score (nSPS) is 13.0. The average molecular weight is 267 g/mol. The molecule has 94 valence electrons. The summed E-state index contributed by atoms with van der Waals surface area (Å²) < 4.78 is 0. The molecule has 2 aromatic carbocycles. The van der Waals surface area contributed by atoms with Crippen molar-refractivity contribution in [2.75, 3.05) is 0 Å². The van der Waals surface area contributed by atoms with Crippen molar-refractivity contribution in [3.8, 4) is 0 Å². The molecule has 0 N–H and O–H groups in total. The van der Waals surface area contributed by atoms with Crippen molar-refractivity contribution >= 4 is 28.3 Å². The van der Waals surface area contributed by atoms with E-state index in [4.69, 9.17) is 0 Å². The third-order valence-electron chi connectivity index (χ3n) is 3.07. The van der Waals surface area contributed by atoms with Crippen LogP contribution < -0.4 is 0 Å². The number of para-hydroxylation sites is 1. The Morgan fingerprint density at radius 1 is 1.11 bits per heavy atom. The lowest BCUT2D eigenvalue weighted by molar-refractivity contribution is 0.101. The molecule has 1 aliphatic heterocycles. The topological polar surface area (TPSA) is 29.4 Å². The second kappa shape index (κ2) is 5.02. The first kappa shape index (κ1) is 12.2. The Labute approximate surface area is 116 Å². The van der Waals surface area contributed by atoms with Gasteiger partial charge in [-0.3, -0.25) is 4.79 Å². The fourth-order valence-electron chi connectivity index (χ4n) is 2.06. The minimum atomic E-state index is 0.0992. The van der Waals surface area contributed by atoms with E-state index < -0.39 is 0 Å². The Kier molecular flexibility index (Phi) is 3.22. The number of aliphatic imine (C=N–C) groups is 1. The lowest BCUT2D eigenvalue weighted by Crippen LogP contribution is -1.93. The number of hydrogen-bond donors (Lipinski definition) is 0. The van der Waals surface area contributed by atoms with E-state index in [0.717, 1.165) is 27.6 Å². The molecule has 1 aliphatic rings. The van der Waals surface area contributed by atoms with Gasteiger partial charge >= 0.3 is 0 Å². The summed E-state index contributed by atoms with van der Waals surface area (Å²) in [5.41, 5.74) is 3.11. The Morgan fingerprint density at radius 2 is 1.84 bits per heavy atom. The third kappa shape index (κ3) is 2.61. The number of Topliss-reactive ketones (excluding diaryl/α,β-unsaturated/α-hetero) is 1. The van der Waals surface area contributed by atoms with Gasteiger partial charge in [0.25, 0.3) is 0 Å². The Balaban J connectivity index is 1.75. The smallest absolute Gasteiger partial charge is 0.159 e. The maximum atomic E-state index is 11.2. The molecule has 0 unspecified atom stereocenters. The van der Waals surface area contributed by atoms with E-state index in [1.165, 1.54) is 5.56 Å². The molecule has 0 amide bonds. The number of rotatable bonds is 2. The van der Waals surface area contributed by atoms with Crippen LogP contribution in [-0.4, -0.2) is 10.8 Å². The van der Waals surface area contributed by atoms with Crippen LogP contribution >= 0.6 is 11.8 Å². The predicted octanol–water partition coefficient (Wildman–Crippen LogP) is 4.27. The van der Waals surface area contributed by atoms with Crippen LogP contribution in [0.2, 0.25) is 0 Å². The van der Waals surface area contributed by atoms with Crippen molar-refractivity contribution < 1.29 is 4.79 Å². The van der Waals surface area contributed by atoms with Crippen molar-refractivity contribution in [1.29, 1.82) is 0 Å². The summed E-state index contributed by atoms with van der Waals surface area (Å²) in [6.07, 6.45) is 0.898. The van der Waals surface area contributed by atoms with Gasteiger partial charge in [-0.25, -0.2) is 4.99 Å². The summed E-state index contributed by atoms with van der Waals surface area (Å²) >= 11 is 1.67. The molecular weight excluding hydrogens is 254 g/mol. The van der Waals surface area contributed by atoms with Crippen molar-refractivity contribution in [3.05, 3.63) is 59.7 Å². The number of thioether (sulfide) groups is 1. The fourth-order valence-corrected chi connectivity index (χ4v) is 2.97. The van der Waals surface area contributed by atoms with E-state index in [2.05, 4.69) is 11.1 Å². The zero-order chi connectivity index (χ0) is 13.2. The molecule has 0 aromatic heterocycles. The molecule has 0 saturated heterocycles. The Hall–Kier alpha value is -1.87. The zero-order valence-electron chi connectivity index (χ0n) is 10.6. The number of nitrogens with zero attached hydrogens (tertiary/aromatic N) is 1. The van der Waals surface area contributed by atoms with E-state index in [-0.39, 0.29) is 5.78 Å². The van der Waals surface area contributed by atoms with E-state index >= 15 is 0 Å². The van der Waals surface area contributed by atoms with Gasteiger partial charge in [0.05, 0.1) is 10.7 Å². The van der Waals surface area contributed by atoms with Gasteiger partial charge in [-0.05, 0) is 30.7 Å². The summed E-state index contributed by atoms with van der Waals surface area (Å²) in [7, 11) is 0. The number of carbonyl (C=O) groups is 1. The van der Waals surface area contributed by atoms with Crippen LogP contribution in [0.25, 0.3) is 0 Å². The summed E-state index contributed by atoms with van der Waals surface area (Å²) in [6, 6.07) is 15.9. The largest absolute Gasteiger partial charge is 0.295 e. The molecule has 3 heteroatoms. The molecule has 3 rings (SSSR count). The molecule has 2 nitrogen and oxygen atoms in total. The summed E-state index contributed by atoms with van der Waals surface area (Å²) in [5.74, 6) is 0.0992. The highest BCUT2D eigenvalue weighted by molar-refractivity contribution is 8.14. The van der Waals surface area contributed by atoms with Gasteiger partial charge in [-0.1, -0.05) is 42.1 Å². The molecule has 2 aromatic rings. The van der Waals surface area contributed by atoms with Crippen LogP contribution in [0, 0.1) is 0 Å². The minimum absolute atomic E-state index is 0.0992. The summed E-state index contributed by atoms with van der Waals surface area (Å²) in [6.45, 7) is 1.58. The molecule has 0 bridgehead atoms. The van der Waals surface area contributed by atoms with Crippen LogP contribution in [0.4, 0.5) is 5.69 Å². The van der Waals surface area contributed by atoms with Crippen LogP contribution in [0.15, 0.2) is 58.4 Å². The van der Waals surface area contributed by atoms with Gasteiger partial charge in [0.2, 0.25) is 0 Å². The minimum Gasteiger partial charge on any atom is -0.295 e. The molecule has 19 heavy (non-hydrogen) atoms. The van der Waals surface area contributed by atoms with Crippen molar-refractivity contribution in [1.82, 2.24) is 0 Å². The molecule has 0 radical (unpaired) electrons. The third-order valence-corrected chi connectivity index (χ3v) is 4.05. The van der Waals surface area contributed by atoms with Crippen molar-refractivity contribution in [2.24, 2.45) is 4.99 Å². The second-order valence-corrected chi connectivity index (χ2v) is 5.64. The maximum absolute atomic E-state index is 11.2. The number of hydrogen-bond acceptors (Lipinski definition) is 3. The lowest BCUT2D eigenvalue weighted by atomic mass is 10.2. The van der Waals surface area contributed by atoms with Crippen LogP contribution in [0.5, 0.6) is 0 Å². The molecule has 0 saturated carbocycles. The van der Waals surface area contributed by atoms with Gasteiger partial charge in [-0.15, -0.1) is 0 Å². The van der Waals surface area contributed by atoms with Gasteiger partial charge in [0.1, 0.15) is 0 Å². The van der Waals surface area contributed by atoms with Crippen LogP contribution in [-0.2, 0) is 6.42 Å². The maximum Gasteiger partial charge on any atom is 0.159 e. The molecule has 0 spiro atoms. The van der Waals surface area contributed by atoms with E-state index in [1.807, 2.05) is 42.5 Å². The van der Waals surface area contributed by atoms with Gasteiger partial charge in [0, 0.05) is 16.9 Å². The van der Waals surface area contributed by atoms with Crippen LogP contribution in [0.3, 0.4) is 0 Å². The molecule has 1 heterocycles. The molecule has 0 aliphatic carbocycles. The number of ketones is 1. The summed E-state index contributed by atoms with van der Waals surface area (Å²) in [5, 5.41) is 1.11. The van der Waals surface area contributed by atoms with E-state index in [1.54, 1.807) is 18.7 Å². The Bertz CT molecular complexity index is 659. The van der Waals surface area contributed by atoms with Gasteiger partial charge in [0.15, 0.2) is 5.78 Å². The van der Waals surface area contributed by atoms with Gasteiger partial charge in [-0.2, -0.15) is 0 Å². The fraction of sp³-hybridized carbons (Fsp3) is 0.125. The van der Waals surface area contributed by atoms with Crippen molar-refractivity contribution in [2.45, 2.75) is 18.2 Å².